The molecule has 0 spiro atoms. The van der Waals surface area contributed by atoms with Crippen molar-refractivity contribution in [3.8, 4) is 17.0 Å². The lowest BCUT2D eigenvalue weighted by Crippen LogP contribution is -2.41. The Morgan fingerprint density at radius 1 is 1.07 bits per heavy atom. The summed E-state index contributed by atoms with van der Waals surface area (Å²) in [6, 6.07) is 13.6. The average molecular weight is 450 g/mol. The van der Waals surface area contributed by atoms with E-state index in [-0.39, 0.29) is 16.3 Å². The molecule has 0 aliphatic rings. The number of carbonyl (C=O) groups excluding carboxylic acids is 2. The highest BCUT2D eigenvalue weighted by molar-refractivity contribution is 9.10. The molecular formula is C18H14BrClN4O3. The van der Waals surface area contributed by atoms with E-state index in [0.717, 1.165) is 15.8 Å². The van der Waals surface area contributed by atoms with E-state index in [9.17, 15) is 9.59 Å². The van der Waals surface area contributed by atoms with Crippen molar-refractivity contribution in [2.45, 2.75) is 0 Å². The summed E-state index contributed by atoms with van der Waals surface area (Å²) >= 11 is 9.28. The lowest BCUT2D eigenvalue weighted by Gasteiger charge is -2.07. The fourth-order valence-electron chi connectivity index (χ4n) is 2.27. The van der Waals surface area contributed by atoms with Crippen LogP contribution in [0.3, 0.4) is 0 Å². The van der Waals surface area contributed by atoms with E-state index >= 15 is 0 Å². The summed E-state index contributed by atoms with van der Waals surface area (Å²) in [5.41, 5.74) is 6.48. The van der Waals surface area contributed by atoms with Gasteiger partial charge in [0, 0.05) is 10.0 Å². The lowest BCUT2D eigenvalue weighted by molar-refractivity contribution is 0.0844. The number of hydrogen-bond donors (Lipinski definition) is 3. The summed E-state index contributed by atoms with van der Waals surface area (Å²) in [4.78, 5) is 24.3. The molecule has 0 unspecified atom stereocenters. The molecule has 0 saturated carbocycles. The molecular weight excluding hydrogens is 436 g/mol. The zero-order valence-electron chi connectivity index (χ0n) is 14.0. The molecule has 7 nitrogen and oxygen atoms in total. The van der Waals surface area contributed by atoms with Gasteiger partial charge >= 0.3 is 0 Å². The predicted octanol–water partition coefficient (Wildman–Crippen LogP) is 3.58. The maximum absolute atomic E-state index is 12.2. The van der Waals surface area contributed by atoms with Gasteiger partial charge in [-0.2, -0.15) is 5.10 Å². The van der Waals surface area contributed by atoms with Crippen molar-refractivity contribution < 1.29 is 14.3 Å². The van der Waals surface area contributed by atoms with Crippen LogP contribution in [0, 0.1) is 0 Å². The van der Waals surface area contributed by atoms with Crippen LogP contribution in [-0.4, -0.2) is 29.1 Å². The molecule has 0 radical (unpaired) electrons. The zero-order chi connectivity index (χ0) is 19.4. The lowest BCUT2D eigenvalue weighted by atomic mass is 10.1. The number of ether oxygens (including phenoxy) is 1. The standard InChI is InChI=1S/C18H14BrClN4O3/c1-27-12-5-2-10(3-6-12)15-9-16(22-21-15)18(26)24-23-17(25)13-7-4-11(19)8-14(13)20/h2-9H,1H3,(H,21,22)(H,23,25)(H,24,26). The van der Waals surface area contributed by atoms with E-state index in [1.165, 1.54) is 0 Å². The number of methoxy groups -OCH3 is 1. The Labute approximate surface area is 168 Å². The predicted molar refractivity (Wildman–Crippen MR) is 105 cm³/mol. The van der Waals surface area contributed by atoms with Gasteiger partial charge in [-0.1, -0.05) is 27.5 Å². The van der Waals surface area contributed by atoms with Crippen molar-refractivity contribution in [1.82, 2.24) is 21.0 Å². The number of aromatic nitrogens is 2. The second-order valence-electron chi connectivity index (χ2n) is 5.43. The van der Waals surface area contributed by atoms with Gasteiger partial charge in [-0.15, -0.1) is 0 Å². The third-order valence-electron chi connectivity index (χ3n) is 3.67. The first kappa shape index (κ1) is 18.9. The van der Waals surface area contributed by atoms with Gasteiger partial charge in [-0.05, 0) is 48.5 Å². The number of halogens is 2. The summed E-state index contributed by atoms with van der Waals surface area (Å²) in [5.74, 6) is -0.346. The second kappa shape index (κ2) is 8.24. The molecule has 1 heterocycles. The van der Waals surface area contributed by atoms with Gasteiger partial charge in [0.25, 0.3) is 11.8 Å². The Kier molecular flexibility index (Phi) is 5.78. The fourth-order valence-corrected chi connectivity index (χ4v) is 3.03. The number of aromatic amines is 1. The summed E-state index contributed by atoms with van der Waals surface area (Å²) < 4.78 is 5.86. The van der Waals surface area contributed by atoms with Crippen molar-refractivity contribution >= 4 is 39.3 Å². The summed E-state index contributed by atoms with van der Waals surface area (Å²) in [5, 5.41) is 7.01. The van der Waals surface area contributed by atoms with Gasteiger partial charge in [-0.3, -0.25) is 25.5 Å². The third-order valence-corrected chi connectivity index (χ3v) is 4.48. The number of hydrazine groups is 1. The van der Waals surface area contributed by atoms with Gasteiger partial charge in [0.15, 0.2) is 0 Å². The molecule has 1 aromatic heterocycles. The van der Waals surface area contributed by atoms with E-state index in [0.29, 0.717) is 5.69 Å². The number of benzene rings is 2. The van der Waals surface area contributed by atoms with Crippen LogP contribution < -0.4 is 15.6 Å². The van der Waals surface area contributed by atoms with Crippen LogP contribution in [0.5, 0.6) is 5.75 Å². The molecule has 138 valence electrons. The van der Waals surface area contributed by atoms with E-state index in [2.05, 4.69) is 37.0 Å². The largest absolute Gasteiger partial charge is 0.497 e. The average Bonchev–Trinajstić information content (AvgIpc) is 3.16. The molecule has 3 N–H and O–H groups in total. The number of H-pyrrole nitrogens is 1. The molecule has 3 rings (SSSR count). The molecule has 0 atom stereocenters. The van der Waals surface area contributed by atoms with Gasteiger partial charge < -0.3 is 4.74 Å². The monoisotopic (exact) mass is 448 g/mol. The van der Waals surface area contributed by atoms with Gasteiger partial charge in [0.1, 0.15) is 11.4 Å². The van der Waals surface area contributed by atoms with Crippen LogP contribution in [-0.2, 0) is 0 Å². The Hall–Kier alpha value is -2.84. The summed E-state index contributed by atoms with van der Waals surface area (Å²) in [7, 11) is 1.59. The minimum atomic E-state index is -0.538. The van der Waals surface area contributed by atoms with Crippen LogP contribution >= 0.6 is 27.5 Å². The zero-order valence-corrected chi connectivity index (χ0v) is 16.4. The minimum absolute atomic E-state index is 0.197. The van der Waals surface area contributed by atoms with Crippen LogP contribution in [0.2, 0.25) is 5.02 Å². The molecule has 2 aromatic carbocycles. The molecule has 3 aromatic rings. The maximum atomic E-state index is 12.2. The Morgan fingerprint density at radius 2 is 1.78 bits per heavy atom. The SMILES string of the molecule is COc1ccc(-c2cc(C(=O)NNC(=O)c3ccc(Br)cc3Cl)[nH]n2)cc1. The normalized spacial score (nSPS) is 10.3. The van der Waals surface area contributed by atoms with Crippen molar-refractivity contribution in [1.29, 1.82) is 0 Å². The van der Waals surface area contributed by atoms with Gasteiger partial charge in [-0.25, -0.2) is 0 Å². The van der Waals surface area contributed by atoms with Crippen molar-refractivity contribution in [3.63, 3.8) is 0 Å². The Morgan fingerprint density at radius 3 is 2.44 bits per heavy atom. The van der Waals surface area contributed by atoms with Crippen LogP contribution in [0.25, 0.3) is 11.3 Å². The van der Waals surface area contributed by atoms with Crippen LogP contribution in [0.1, 0.15) is 20.8 Å². The number of carbonyl (C=O) groups is 2. The number of amides is 2. The highest BCUT2D eigenvalue weighted by Gasteiger charge is 2.14. The number of nitrogens with zero attached hydrogens (tertiary/aromatic N) is 1. The maximum Gasteiger partial charge on any atom is 0.287 e. The molecule has 0 fully saturated rings. The first-order chi connectivity index (χ1) is 13.0. The van der Waals surface area contributed by atoms with Crippen molar-refractivity contribution in [3.05, 3.63) is 69.3 Å². The molecule has 2 amide bonds. The van der Waals surface area contributed by atoms with Crippen molar-refractivity contribution in [2.24, 2.45) is 0 Å². The molecule has 0 aliphatic carbocycles. The fraction of sp³-hybridized carbons (Fsp3) is 0.0556. The Bertz CT molecular complexity index is 989. The summed E-state index contributed by atoms with van der Waals surface area (Å²) in [6.45, 7) is 0. The van der Waals surface area contributed by atoms with E-state index < -0.39 is 11.8 Å². The quantitative estimate of drug-likeness (QED) is 0.531. The van der Waals surface area contributed by atoms with E-state index in [1.54, 1.807) is 43.5 Å². The van der Waals surface area contributed by atoms with Gasteiger partial charge in [0.05, 0.1) is 23.4 Å². The van der Waals surface area contributed by atoms with E-state index in [4.69, 9.17) is 16.3 Å². The number of nitrogens with one attached hydrogen (secondary N) is 3. The van der Waals surface area contributed by atoms with E-state index in [1.807, 2.05) is 12.1 Å². The third kappa shape index (κ3) is 4.47. The highest BCUT2D eigenvalue weighted by Crippen LogP contribution is 2.22. The summed E-state index contributed by atoms with van der Waals surface area (Å²) in [6.07, 6.45) is 0. The molecule has 0 saturated heterocycles. The number of rotatable bonds is 4. The van der Waals surface area contributed by atoms with Gasteiger partial charge in [0.2, 0.25) is 0 Å². The van der Waals surface area contributed by atoms with Crippen molar-refractivity contribution in [2.75, 3.05) is 7.11 Å². The second-order valence-corrected chi connectivity index (χ2v) is 6.75. The molecule has 9 heteroatoms. The first-order valence-corrected chi connectivity index (χ1v) is 8.90. The van der Waals surface area contributed by atoms with Crippen LogP contribution in [0.4, 0.5) is 0 Å². The number of hydrogen-bond acceptors (Lipinski definition) is 4. The Balaban J connectivity index is 1.64. The highest BCUT2D eigenvalue weighted by atomic mass is 79.9. The molecule has 0 aliphatic heterocycles. The minimum Gasteiger partial charge on any atom is -0.497 e. The topological polar surface area (TPSA) is 96.1 Å². The smallest absolute Gasteiger partial charge is 0.287 e. The molecule has 0 bridgehead atoms. The first-order valence-electron chi connectivity index (χ1n) is 7.73. The molecule has 27 heavy (non-hydrogen) atoms. The van der Waals surface area contributed by atoms with Crippen LogP contribution in [0.15, 0.2) is 53.0 Å².